The van der Waals surface area contributed by atoms with E-state index in [1.807, 2.05) is 41.1 Å². The van der Waals surface area contributed by atoms with E-state index >= 15 is 0 Å². The van der Waals surface area contributed by atoms with Crippen molar-refractivity contribution in [2.45, 2.75) is 13.8 Å². The number of fused-ring (bicyclic) bond motifs is 1. The summed E-state index contributed by atoms with van der Waals surface area (Å²) in [6.45, 7) is 6.25. The first-order chi connectivity index (χ1) is 12.8. The lowest BCUT2D eigenvalue weighted by molar-refractivity contribution is 0.870. The molecule has 0 N–H and O–H groups in total. The highest BCUT2D eigenvalue weighted by atomic mass is 15.3. The topological polar surface area (TPSA) is 34.0 Å². The minimum Gasteiger partial charge on any atom is -0.371 e. The first-order valence-corrected chi connectivity index (χ1v) is 9.06. The molecule has 2 aromatic carbocycles. The molecule has 4 aromatic rings. The van der Waals surface area contributed by atoms with Crippen molar-refractivity contribution in [2.24, 2.45) is 0 Å². The average molecular weight is 342 g/mol. The Kier molecular flexibility index (Phi) is 4.40. The van der Waals surface area contributed by atoms with E-state index in [0.717, 1.165) is 41.1 Å². The summed E-state index contributed by atoms with van der Waals surface area (Å²) in [5, 5.41) is 5.84. The highest BCUT2D eigenvalue weighted by Crippen LogP contribution is 2.31. The van der Waals surface area contributed by atoms with Crippen LogP contribution in [-0.2, 0) is 0 Å². The third kappa shape index (κ3) is 2.94. The van der Waals surface area contributed by atoms with Crippen molar-refractivity contribution < 1.29 is 0 Å². The van der Waals surface area contributed by atoms with Gasteiger partial charge in [-0.2, -0.15) is 0 Å². The fraction of sp³-hybridized carbons (Fsp3) is 0.182. The van der Waals surface area contributed by atoms with Crippen molar-refractivity contribution in [3.05, 3.63) is 72.9 Å². The van der Waals surface area contributed by atoms with Gasteiger partial charge >= 0.3 is 0 Å². The van der Waals surface area contributed by atoms with E-state index in [-0.39, 0.29) is 0 Å². The van der Waals surface area contributed by atoms with Gasteiger partial charge in [-0.25, -0.2) is 9.67 Å². The van der Waals surface area contributed by atoms with Crippen LogP contribution in [0, 0.1) is 0 Å². The summed E-state index contributed by atoms with van der Waals surface area (Å²) in [5.41, 5.74) is 5.06. The van der Waals surface area contributed by atoms with Crippen molar-refractivity contribution in [1.82, 2.24) is 14.8 Å². The summed E-state index contributed by atoms with van der Waals surface area (Å²) in [6, 6.07) is 22.6. The molecule has 4 nitrogen and oxygen atoms in total. The Morgan fingerprint density at radius 2 is 1.54 bits per heavy atom. The maximum atomic E-state index is 4.84. The second-order valence-corrected chi connectivity index (χ2v) is 6.21. The molecule has 4 rings (SSSR count). The van der Waals surface area contributed by atoms with Crippen molar-refractivity contribution in [3.63, 3.8) is 0 Å². The standard InChI is InChI=1S/C22H22N4/c1-3-25(4-2)21-15-20(17-11-7-5-8-12-17)23-22-19(21)16-26(24-22)18-13-9-6-10-14-18/h5-16H,3-4H2,1-2H3. The van der Waals surface area contributed by atoms with E-state index in [1.54, 1.807) is 0 Å². The molecule has 0 radical (unpaired) electrons. The second-order valence-electron chi connectivity index (χ2n) is 6.21. The number of hydrogen-bond acceptors (Lipinski definition) is 3. The molecular weight excluding hydrogens is 320 g/mol. The Bertz CT molecular complexity index is 1000. The van der Waals surface area contributed by atoms with Crippen LogP contribution in [0.25, 0.3) is 28.0 Å². The molecule has 0 aliphatic carbocycles. The van der Waals surface area contributed by atoms with E-state index in [9.17, 15) is 0 Å². The van der Waals surface area contributed by atoms with Crippen LogP contribution in [0.3, 0.4) is 0 Å². The van der Waals surface area contributed by atoms with Crippen molar-refractivity contribution in [3.8, 4) is 16.9 Å². The van der Waals surface area contributed by atoms with Crippen LogP contribution in [0.2, 0.25) is 0 Å². The zero-order chi connectivity index (χ0) is 17.9. The average Bonchev–Trinajstić information content (AvgIpc) is 3.14. The number of benzene rings is 2. The first-order valence-electron chi connectivity index (χ1n) is 9.06. The van der Waals surface area contributed by atoms with E-state index in [2.05, 4.69) is 55.3 Å². The van der Waals surface area contributed by atoms with Gasteiger partial charge in [0, 0.05) is 24.8 Å². The molecule has 0 amide bonds. The fourth-order valence-corrected chi connectivity index (χ4v) is 3.28. The number of anilines is 1. The number of rotatable bonds is 5. The molecule has 0 unspecified atom stereocenters. The number of pyridine rings is 1. The molecule has 0 spiro atoms. The van der Waals surface area contributed by atoms with Crippen LogP contribution >= 0.6 is 0 Å². The quantitative estimate of drug-likeness (QED) is 0.515. The van der Waals surface area contributed by atoms with E-state index in [0.29, 0.717) is 0 Å². The molecule has 4 heteroatoms. The van der Waals surface area contributed by atoms with E-state index in [1.165, 1.54) is 5.69 Å². The molecule has 26 heavy (non-hydrogen) atoms. The first kappa shape index (κ1) is 16.3. The van der Waals surface area contributed by atoms with Crippen LogP contribution in [0.1, 0.15) is 13.8 Å². The third-order valence-corrected chi connectivity index (χ3v) is 4.66. The third-order valence-electron chi connectivity index (χ3n) is 4.66. The van der Waals surface area contributed by atoms with E-state index < -0.39 is 0 Å². The summed E-state index contributed by atoms with van der Waals surface area (Å²) >= 11 is 0. The fourth-order valence-electron chi connectivity index (χ4n) is 3.28. The molecule has 2 aromatic heterocycles. The molecule has 0 saturated heterocycles. The predicted molar refractivity (Wildman–Crippen MR) is 108 cm³/mol. The molecule has 0 aliphatic rings. The van der Waals surface area contributed by atoms with Gasteiger partial charge in [0.15, 0.2) is 5.65 Å². The lowest BCUT2D eigenvalue weighted by atomic mass is 10.1. The van der Waals surface area contributed by atoms with Gasteiger partial charge in [-0.3, -0.25) is 0 Å². The second kappa shape index (κ2) is 7.00. The maximum Gasteiger partial charge on any atom is 0.184 e. The number of nitrogens with zero attached hydrogens (tertiary/aromatic N) is 4. The summed E-state index contributed by atoms with van der Waals surface area (Å²) < 4.78 is 1.92. The Morgan fingerprint density at radius 1 is 0.885 bits per heavy atom. The van der Waals surface area contributed by atoms with Crippen molar-refractivity contribution in [1.29, 1.82) is 0 Å². The van der Waals surface area contributed by atoms with Gasteiger partial charge in [-0.1, -0.05) is 48.5 Å². The molecule has 0 aliphatic heterocycles. The monoisotopic (exact) mass is 342 g/mol. The number of aromatic nitrogens is 3. The summed E-state index contributed by atoms with van der Waals surface area (Å²) in [4.78, 5) is 7.20. The largest absolute Gasteiger partial charge is 0.371 e. The van der Waals surface area contributed by atoms with Crippen LogP contribution < -0.4 is 4.90 Å². The highest BCUT2D eigenvalue weighted by Gasteiger charge is 2.15. The van der Waals surface area contributed by atoms with Crippen molar-refractivity contribution >= 4 is 16.7 Å². The zero-order valence-electron chi connectivity index (χ0n) is 15.1. The van der Waals surface area contributed by atoms with Crippen LogP contribution in [0.15, 0.2) is 72.9 Å². The van der Waals surface area contributed by atoms with E-state index in [4.69, 9.17) is 10.1 Å². The summed E-state index contributed by atoms with van der Waals surface area (Å²) in [5.74, 6) is 0. The van der Waals surface area contributed by atoms with Gasteiger partial charge < -0.3 is 4.90 Å². The molecule has 130 valence electrons. The molecule has 0 atom stereocenters. The SMILES string of the molecule is CCN(CC)c1cc(-c2ccccc2)nc2nn(-c3ccccc3)cc12. The lowest BCUT2D eigenvalue weighted by Crippen LogP contribution is -2.22. The Balaban J connectivity index is 1.94. The molecule has 2 heterocycles. The van der Waals surface area contributed by atoms with Gasteiger partial charge in [-0.15, -0.1) is 5.10 Å². The Hall–Kier alpha value is -3.14. The Labute approximate surface area is 153 Å². The Morgan fingerprint density at radius 3 is 2.19 bits per heavy atom. The van der Waals surface area contributed by atoms with Gasteiger partial charge in [0.25, 0.3) is 0 Å². The summed E-state index contributed by atoms with van der Waals surface area (Å²) in [6.07, 6.45) is 2.08. The smallest absolute Gasteiger partial charge is 0.184 e. The molecule has 0 fully saturated rings. The maximum absolute atomic E-state index is 4.84. The lowest BCUT2D eigenvalue weighted by Gasteiger charge is -2.22. The molecule has 0 saturated carbocycles. The van der Waals surface area contributed by atoms with Crippen LogP contribution in [0.4, 0.5) is 5.69 Å². The van der Waals surface area contributed by atoms with Crippen molar-refractivity contribution in [2.75, 3.05) is 18.0 Å². The predicted octanol–water partition coefficient (Wildman–Crippen LogP) is 4.93. The van der Waals surface area contributed by atoms with Crippen LogP contribution in [-0.4, -0.2) is 27.9 Å². The van der Waals surface area contributed by atoms with Gasteiger partial charge in [-0.05, 0) is 32.0 Å². The molecular formula is C22H22N4. The van der Waals surface area contributed by atoms with Crippen LogP contribution in [0.5, 0.6) is 0 Å². The highest BCUT2D eigenvalue weighted by molar-refractivity contribution is 5.92. The summed E-state index contributed by atoms with van der Waals surface area (Å²) in [7, 11) is 0. The minimum absolute atomic E-state index is 0.775. The van der Waals surface area contributed by atoms with Gasteiger partial charge in [0.1, 0.15) is 0 Å². The zero-order valence-corrected chi connectivity index (χ0v) is 15.1. The minimum atomic E-state index is 0.775. The number of hydrogen-bond donors (Lipinski definition) is 0. The number of para-hydroxylation sites is 1. The normalized spacial score (nSPS) is 11.0. The molecule has 0 bridgehead atoms. The van der Waals surface area contributed by atoms with Gasteiger partial charge in [0.2, 0.25) is 0 Å². The van der Waals surface area contributed by atoms with Gasteiger partial charge in [0.05, 0.1) is 22.5 Å².